The molecule has 1 aliphatic carbocycles. The second kappa shape index (κ2) is 6.37. The van der Waals surface area contributed by atoms with Gasteiger partial charge in [-0.3, -0.25) is 4.79 Å². The molecule has 26 heavy (non-hydrogen) atoms. The number of rotatable bonds is 5. The summed E-state index contributed by atoms with van der Waals surface area (Å²) in [5, 5.41) is 11.1. The number of likely N-dealkylation sites (tertiary alicyclic amines) is 1. The van der Waals surface area contributed by atoms with Gasteiger partial charge in [-0.15, -0.1) is 0 Å². The molecule has 2 saturated heterocycles. The van der Waals surface area contributed by atoms with Crippen LogP contribution >= 0.6 is 0 Å². The number of anilines is 2. The first-order chi connectivity index (χ1) is 12.8. The number of amides is 1. The molecular weight excluding hydrogens is 334 g/mol. The fraction of sp³-hybridized carbons (Fsp3) is 0.706. The minimum atomic E-state index is 0.290. The highest BCUT2D eigenvalue weighted by atomic mass is 16.6. The Kier molecular flexibility index (Phi) is 3.86. The van der Waals surface area contributed by atoms with Crippen LogP contribution in [0.4, 0.5) is 11.6 Å². The van der Waals surface area contributed by atoms with Crippen LogP contribution in [0, 0.1) is 5.92 Å². The van der Waals surface area contributed by atoms with Crippen LogP contribution in [-0.2, 0) is 4.79 Å². The maximum atomic E-state index is 12.2. The third-order valence-electron chi connectivity index (χ3n) is 5.54. The van der Waals surface area contributed by atoms with Crippen LogP contribution in [0.25, 0.3) is 11.3 Å². The van der Waals surface area contributed by atoms with Gasteiger partial charge in [0.15, 0.2) is 11.6 Å². The largest absolute Gasteiger partial charge is 0.367 e. The minimum Gasteiger partial charge on any atom is -0.367 e. The monoisotopic (exact) mass is 357 g/mol. The van der Waals surface area contributed by atoms with Crippen molar-refractivity contribution in [2.45, 2.75) is 44.6 Å². The molecule has 3 fully saturated rings. The Morgan fingerprint density at radius 3 is 2.62 bits per heavy atom. The number of hydrogen-bond donors (Lipinski definition) is 1. The summed E-state index contributed by atoms with van der Waals surface area (Å²) in [6.45, 7) is 3.49. The van der Waals surface area contributed by atoms with Gasteiger partial charge in [0.2, 0.25) is 17.2 Å². The number of nitrogens with zero attached hydrogens (tertiary/aromatic N) is 6. The highest BCUT2D eigenvalue weighted by molar-refractivity contribution is 5.79. The molecule has 0 unspecified atom stereocenters. The molecule has 2 aliphatic heterocycles. The van der Waals surface area contributed by atoms with Crippen LogP contribution in [0.1, 0.15) is 38.5 Å². The Hall–Kier alpha value is -2.45. The molecule has 9 heteroatoms. The van der Waals surface area contributed by atoms with E-state index in [2.05, 4.69) is 30.5 Å². The van der Waals surface area contributed by atoms with Crippen molar-refractivity contribution in [3.05, 3.63) is 0 Å². The van der Waals surface area contributed by atoms with Crippen molar-refractivity contribution in [3.8, 4) is 0 Å². The lowest BCUT2D eigenvalue weighted by Crippen LogP contribution is -2.32. The summed E-state index contributed by atoms with van der Waals surface area (Å²) in [6.07, 6.45) is 6.50. The molecule has 1 saturated carbocycles. The van der Waals surface area contributed by atoms with Gasteiger partial charge in [-0.05, 0) is 42.4 Å². The second-order valence-electron chi connectivity index (χ2n) is 7.58. The average molecular weight is 357 g/mol. The zero-order chi connectivity index (χ0) is 17.5. The van der Waals surface area contributed by atoms with Crippen LogP contribution in [0.3, 0.4) is 0 Å². The van der Waals surface area contributed by atoms with Gasteiger partial charge in [0, 0.05) is 44.6 Å². The van der Waals surface area contributed by atoms with Crippen LogP contribution in [0.5, 0.6) is 0 Å². The molecule has 0 spiro atoms. The van der Waals surface area contributed by atoms with Gasteiger partial charge in [-0.25, -0.2) is 14.6 Å². The van der Waals surface area contributed by atoms with Gasteiger partial charge in [0.1, 0.15) is 0 Å². The van der Waals surface area contributed by atoms with E-state index >= 15 is 0 Å². The number of aromatic nitrogens is 4. The van der Waals surface area contributed by atoms with E-state index in [0.29, 0.717) is 42.0 Å². The SMILES string of the molecule is O=C1C[C@@H](CNc2nc3nonc3nc2N2CCCCC2)CN1C1CC1. The molecule has 2 aromatic heterocycles. The number of piperidine rings is 1. The second-order valence-corrected chi connectivity index (χ2v) is 7.58. The Bertz CT molecular complexity index is 813. The standard InChI is InChI=1S/C17H23N7O2/c25-13-8-11(10-24(13)12-4-5-12)9-18-16-17(23-6-2-1-3-7-23)20-15-14(19-16)21-26-22-15/h11-12H,1-10H2,(H,18,19,21)/t11-/m0/s1. The highest BCUT2D eigenvalue weighted by Gasteiger charge is 2.39. The summed E-state index contributed by atoms with van der Waals surface area (Å²) in [7, 11) is 0. The molecule has 1 atom stereocenters. The van der Waals surface area contributed by atoms with E-state index < -0.39 is 0 Å². The molecule has 1 amide bonds. The maximum absolute atomic E-state index is 12.2. The summed E-state index contributed by atoms with van der Waals surface area (Å²) in [5.41, 5.74) is 0.849. The predicted molar refractivity (Wildman–Crippen MR) is 94.8 cm³/mol. The normalized spacial score (nSPS) is 23.8. The van der Waals surface area contributed by atoms with Crippen LogP contribution in [0.2, 0.25) is 0 Å². The predicted octanol–water partition coefficient (Wildman–Crippen LogP) is 1.43. The number of hydrogen-bond acceptors (Lipinski definition) is 8. The lowest BCUT2D eigenvalue weighted by Gasteiger charge is -2.29. The molecule has 0 bridgehead atoms. The Morgan fingerprint density at radius 2 is 1.85 bits per heavy atom. The number of fused-ring (bicyclic) bond motifs is 1. The van der Waals surface area contributed by atoms with Crippen LogP contribution in [-0.4, -0.2) is 63.3 Å². The Labute approximate surface area is 151 Å². The molecular formula is C17H23N7O2. The van der Waals surface area contributed by atoms with Crippen molar-refractivity contribution in [3.63, 3.8) is 0 Å². The van der Waals surface area contributed by atoms with Crippen LogP contribution < -0.4 is 10.2 Å². The molecule has 3 aliphatic rings. The summed E-state index contributed by atoms with van der Waals surface area (Å²) in [4.78, 5) is 25.7. The maximum Gasteiger partial charge on any atom is 0.245 e. The zero-order valence-electron chi connectivity index (χ0n) is 14.7. The number of carbonyl (C=O) groups is 1. The Balaban J connectivity index is 1.34. The van der Waals surface area contributed by atoms with Crippen LogP contribution in [0.15, 0.2) is 4.63 Å². The van der Waals surface area contributed by atoms with E-state index in [1.165, 1.54) is 6.42 Å². The first-order valence-corrected chi connectivity index (χ1v) is 9.56. The summed E-state index contributed by atoms with van der Waals surface area (Å²) < 4.78 is 4.78. The van der Waals surface area contributed by atoms with Gasteiger partial charge < -0.3 is 15.1 Å². The fourth-order valence-corrected chi connectivity index (χ4v) is 4.00. The van der Waals surface area contributed by atoms with E-state index in [0.717, 1.165) is 51.1 Å². The molecule has 5 rings (SSSR count). The summed E-state index contributed by atoms with van der Waals surface area (Å²) in [5.74, 6) is 2.13. The van der Waals surface area contributed by atoms with E-state index in [1.807, 2.05) is 4.90 Å². The van der Waals surface area contributed by atoms with Crippen molar-refractivity contribution in [2.75, 3.05) is 36.4 Å². The molecule has 0 radical (unpaired) electrons. The van der Waals surface area contributed by atoms with E-state index in [-0.39, 0.29) is 5.91 Å². The third-order valence-corrected chi connectivity index (χ3v) is 5.54. The van der Waals surface area contributed by atoms with Gasteiger partial charge in [0.05, 0.1) is 0 Å². The Morgan fingerprint density at radius 1 is 1.08 bits per heavy atom. The molecule has 1 N–H and O–H groups in total. The zero-order valence-corrected chi connectivity index (χ0v) is 14.7. The molecule has 2 aromatic rings. The van der Waals surface area contributed by atoms with E-state index in [1.54, 1.807) is 0 Å². The summed E-state index contributed by atoms with van der Waals surface area (Å²) in [6, 6.07) is 0.494. The lowest BCUT2D eigenvalue weighted by atomic mass is 10.1. The van der Waals surface area contributed by atoms with Crippen molar-refractivity contribution in [2.24, 2.45) is 5.92 Å². The van der Waals surface area contributed by atoms with E-state index in [4.69, 9.17) is 4.63 Å². The number of nitrogens with one attached hydrogen (secondary N) is 1. The van der Waals surface area contributed by atoms with Crippen molar-refractivity contribution in [1.29, 1.82) is 0 Å². The quantitative estimate of drug-likeness (QED) is 0.858. The molecule has 0 aromatic carbocycles. The van der Waals surface area contributed by atoms with Gasteiger partial charge in [-0.1, -0.05) is 0 Å². The third kappa shape index (κ3) is 2.95. The van der Waals surface area contributed by atoms with E-state index in [9.17, 15) is 4.79 Å². The summed E-state index contributed by atoms with van der Waals surface area (Å²) >= 11 is 0. The van der Waals surface area contributed by atoms with Crippen molar-refractivity contribution in [1.82, 2.24) is 25.2 Å². The lowest BCUT2D eigenvalue weighted by molar-refractivity contribution is -0.128. The molecule has 4 heterocycles. The smallest absolute Gasteiger partial charge is 0.245 e. The first-order valence-electron chi connectivity index (χ1n) is 9.56. The average Bonchev–Trinajstić information content (AvgIpc) is 3.29. The molecule has 138 valence electrons. The minimum absolute atomic E-state index is 0.290. The van der Waals surface area contributed by atoms with Gasteiger partial charge >= 0.3 is 0 Å². The highest BCUT2D eigenvalue weighted by Crippen LogP contribution is 2.33. The fourth-order valence-electron chi connectivity index (χ4n) is 4.00. The van der Waals surface area contributed by atoms with Gasteiger partial charge in [0.25, 0.3) is 0 Å². The number of carbonyl (C=O) groups excluding carboxylic acids is 1. The topological polar surface area (TPSA) is 100 Å². The first kappa shape index (κ1) is 15.8. The van der Waals surface area contributed by atoms with Crippen molar-refractivity contribution >= 4 is 28.8 Å². The molecule has 9 nitrogen and oxygen atoms in total. The van der Waals surface area contributed by atoms with Crippen molar-refractivity contribution < 1.29 is 9.42 Å². The van der Waals surface area contributed by atoms with Gasteiger partial charge in [-0.2, -0.15) is 0 Å².